The van der Waals surface area contributed by atoms with Crippen LogP contribution < -0.4 is 10.6 Å². The molecule has 2 rings (SSSR count). The number of rotatable bonds is 4. The van der Waals surface area contributed by atoms with Crippen LogP contribution in [0.1, 0.15) is 41.9 Å². The van der Waals surface area contributed by atoms with Crippen LogP contribution in [0.5, 0.6) is 0 Å². The van der Waals surface area contributed by atoms with Crippen molar-refractivity contribution in [2.75, 3.05) is 10.6 Å². The van der Waals surface area contributed by atoms with Crippen LogP contribution >= 0.6 is 0 Å². The molecule has 0 atom stereocenters. The van der Waals surface area contributed by atoms with Crippen LogP contribution in [0.15, 0.2) is 18.5 Å². The Morgan fingerprint density at radius 2 is 1.77 bits per heavy atom. The van der Waals surface area contributed by atoms with Gasteiger partial charge in [-0.1, -0.05) is 0 Å². The van der Waals surface area contributed by atoms with E-state index in [0.717, 1.165) is 0 Å². The molecule has 0 unspecified atom stereocenters. The number of carbonyl (C=O) groups is 3. The number of anilines is 2. The number of carboxylic acids is 1. The van der Waals surface area contributed by atoms with Gasteiger partial charge in [-0.15, -0.1) is 0 Å². The Morgan fingerprint density at radius 1 is 1.12 bits per heavy atom. The largest absolute Gasteiger partial charge is 0.477 e. The Morgan fingerprint density at radius 3 is 2.31 bits per heavy atom. The maximum Gasteiger partial charge on any atom is 0.413 e. The van der Waals surface area contributed by atoms with Crippen molar-refractivity contribution in [3.63, 3.8) is 0 Å². The van der Waals surface area contributed by atoms with E-state index in [9.17, 15) is 14.4 Å². The summed E-state index contributed by atoms with van der Waals surface area (Å²) in [6.45, 7) is 5.19. The molecular formula is C16H21N5O5. The van der Waals surface area contributed by atoms with E-state index >= 15 is 0 Å². The minimum atomic E-state index is -1.10. The van der Waals surface area contributed by atoms with Crippen LogP contribution in [-0.4, -0.2) is 42.8 Å². The molecule has 2 aromatic heterocycles. The zero-order valence-electron chi connectivity index (χ0n) is 15.2. The average molecular weight is 363 g/mol. The van der Waals surface area contributed by atoms with Crippen LogP contribution in [0.25, 0.3) is 0 Å². The van der Waals surface area contributed by atoms with E-state index in [2.05, 4.69) is 15.6 Å². The van der Waals surface area contributed by atoms with Gasteiger partial charge in [-0.05, 0) is 26.8 Å². The highest BCUT2D eigenvalue weighted by molar-refractivity contribution is 6.03. The van der Waals surface area contributed by atoms with Gasteiger partial charge in [0, 0.05) is 26.5 Å². The number of nitrogens with one attached hydrogen (secondary N) is 2. The van der Waals surface area contributed by atoms with E-state index in [4.69, 9.17) is 9.84 Å². The number of imidazole rings is 1. The smallest absolute Gasteiger partial charge is 0.413 e. The molecule has 0 aliphatic carbocycles. The highest BCUT2D eigenvalue weighted by atomic mass is 16.6. The number of carboxylic acid groups (broad SMARTS) is 1. The molecule has 2 heterocycles. The number of nitrogens with zero attached hydrogens (tertiary/aromatic N) is 3. The van der Waals surface area contributed by atoms with Crippen LogP contribution in [-0.2, 0) is 18.8 Å². The second kappa shape index (κ2) is 6.90. The van der Waals surface area contributed by atoms with Crippen LogP contribution in [0, 0.1) is 0 Å². The van der Waals surface area contributed by atoms with Crippen LogP contribution in [0.4, 0.5) is 16.3 Å². The number of ether oxygens (including phenoxy) is 1. The first-order chi connectivity index (χ1) is 12.0. The molecule has 0 aromatic carbocycles. The molecule has 0 saturated heterocycles. The first-order valence-electron chi connectivity index (χ1n) is 7.70. The van der Waals surface area contributed by atoms with Crippen molar-refractivity contribution < 1.29 is 24.2 Å². The van der Waals surface area contributed by atoms with Gasteiger partial charge in [-0.2, -0.15) is 0 Å². The zero-order valence-corrected chi connectivity index (χ0v) is 15.2. The molecule has 0 saturated carbocycles. The Hall–Kier alpha value is -3.30. The van der Waals surface area contributed by atoms with Gasteiger partial charge < -0.3 is 24.3 Å². The third-order valence-corrected chi connectivity index (χ3v) is 3.19. The molecule has 140 valence electrons. The highest BCUT2D eigenvalue weighted by Gasteiger charge is 2.20. The van der Waals surface area contributed by atoms with E-state index in [1.165, 1.54) is 27.6 Å². The predicted molar refractivity (Wildman–Crippen MR) is 93.4 cm³/mol. The highest BCUT2D eigenvalue weighted by Crippen LogP contribution is 2.16. The van der Waals surface area contributed by atoms with Crippen molar-refractivity contribution in [1.82, 2.24) is 14.1 Å². The lowest BCUT2D eigenvalue weighted by Gasteiger charge is -2.18. The van der Waals surface area contributed by atoms with Gasteiger partial charge in [0.1, 0.15) is 11.3 Å². The number of aromatic carboxylic acids is 1. The zero-order chi connectivity index (χ0) is 19.6. The molecule has 10 heteroatoms. The van der Waals surface area contributed by atoms with Gasteiger partial charge in [0.25, 0.3) is 5.91 Å². The number of carbonyl (C=O) groups excluding carboxylic acids is 2. The summed E-state index contributed by atoms with van der Waals surface area (Å²) in [4.78, 5) is 39.2. The number of aromatic nitrogens is 3. The first kappa shape index (κ1) is 19.0. The van der Waals surface area contributed by atoms with E-state index in [1.54, 1.807) is 34.9 Å². The molecule has 0 aliphatic rings. The van der Waals surface area contributed by atoms with E-state index in [1.807, 2.05) is 0 Å². The van der Waals surface area contributed by atoms with Crippen molar-refractivity contribution in [2.24, 2.45) is 14.1 Å². The first-order valence-corrected chi connectivity index (χ1v) is 7.70. The Labute approximate surface area is 149 Å². The Kier molecular flexibility index (Phi) is 5.05. The molecule has 26 heavy (non-hydrogen) atoms. The van der Waals surface area contributed by atoms with Gasteiger partial charge in [-0.3, -0.25) is 10.1 Å². The van der Waals surface area contributed by atoms with Gasteiger partial charge in [-0.25, -0.2) is 14.6 Å². The maximum atomic E-state index is 12.4. The Balaban J connectivity index is 2.10. The van der Waals surface area contributed by atoms with Crippen molar-refractivity contribution in [2.45, 2.75) is 26.4 Å². The molecule has 3 N–H and O–H groups in total. The SMILES string of the molecule is Cn1cc(NC(=O)c2nc(NC(=O)OC(C)(C)C)cn2C)cc1C(=O)O. The predicted octanol–water partition coefficient (Wildman–Crippen LogP) is 2.06. The molecular weight excluding hydrogens is 342 g/mol. The summed E-state index contributed by atoms with van der Waals surface area (Å²) >= 11 is 0. The fourth-order valence-corrected chi connectivity index (χ4v) is 2.18. The summed E-state index contributed by atoms with van der Waals surface area (Å²) in [6.07, 6.45) is 2.26. The van der Waals surface area contributed by atoms with E-state index in [0.29, 0.717) is 5.69 Å². The molecule has 10 nitrogen and oxygen atoms in total. The fourth-order valence-electron chi connectivity index (χ4n) is 2.18. The van der Waals surface area contributed by atoms with Gasteiger partial charge in [0.15, 0.2) is 5.82 Å². The third-order valence-electron chi connectivity index (χ3n) is 3.19. The number of hydrogen-bond acceptors (Lipinski definition) is 5. The molecule has 0 fully saturated rings. The lowest BCUT2D eigenvalue weighted by molar-refractivity contribution is 0.0633. The second-order valence-electron chi connectivity index (χ2n) is 6.67. The monoisotopic (exact) mass is 363 g/mol. The number of aryl methyl sites for hydroxylation is 2. The fraction of sp³-hybridized carbons (Fsp3) is 0.375. The summed E-state index contributed by atoms with van der Waals surface area (Å²) in [6, 6.07) is 1.34. The summed E-state index contributed by atoms with van der Waals surface area (Å²) in [7, 11) is 3.15. The minimum Gasteiger partial charge on any atom is -0.477 e. The topological polar surface area (TPSA) is 127 Å². The molecule has 0 spiro atoms. The Bertz CT molecular complexity index is 859. The van der Waals surface area contributed by atoms with Crippen LogP contribution in [0.2, 0.25) is 0 Å². The van der Waals surface area contributed by atoms with Gasteiger partial charge in [0.2, 0.25) is 5.82 Å². The summed E-state index contributed by atoms with van der Waals surface area (Å²) in [5, 5.41) is 14.1. The standard InChI is InChI=1S/C16H21N5O5/c1-16(2,3)26-15(25)19-11-8-21(5)12(18-11)13(22)17-9-6-10(14(23)24)20(4)7-9/h6-8H,1-5H3,(H,17,22)(H,19,25)(H,23,24). The summed E-state index contributed by atoms with van der Waals surface area (Å²) < 4.78 is 7.94. The minimum absolute atomic E-state index is 0.0346. The molecule has 0 bridgehead atoms. The normalized spacial score (nSPS) is 11.1. The van der Waals surface area contributed by atoms with Crippen molar-refractivity contribution >= 4 is 29.5 Å². The second-order valence-corrected chi connectivity index (χ2v) is 6.67. The quantitative estimate of drug-likeness (QED) is 0.763. The molecule has 2 amide bonds. The van der Waals surface area contributed by atoms with Crippen molar-refractivity contribution in [1.29, 1.82) is 0 Å². The molecule has 0 radical (unpaired) electrons. The summed E-state index contributed by atoms with van der Waals surface area (Å²) in [5.74, 6) is -1.45. The summed E-state index contributed by atoms with van der Waals surface area (Å²) in [5.41, 5.74) is -0.305. The van der Waals surface area contributed by atoms with E-state index < -0.39 is 23.6 Å². The third kappa shape index (κ3) is 4.62. The van der Waals surface area contributed by atoms with Crippen LogP contribution in [0.3, 0.4) is 0 Å². The van der Waals surface area contributed by atoms with Crippen molar-refractivity contribution in [3.05, 3.63) is 30.0 Å². The maximum absolute atomic E-state index is 12.4. The number of amides is 2. The molecule has 2 aromatic rings. The average Bonchev–Trinajstić information content (AvgIpc) is 2.99. The lowest BCUT2D eigenvalue weighted by atomic mass is 10.2. The number of hydrogen-bond donors (Lipinski definition) is 3. The van der Waals surface area contributed by atoms with Gasteiger partial charge >= 0.3 is 12.1 Å². The van der Waals surface area contributed by atoms with Gasteiger partial charge in [0.05, 0.1) is 5.69 Å². The van der Waals surface area contributed by atoms with Crippen molar-refractivity contribution in [3.8, 4) is 0 Å². The lowest BCUT2D eigenvalue weighted by Crippen LogP contribution is -2.27. The molecule has 0 aliphatic heterocycles. The van der Waals surface area contributed by atoms with E-state index in [-0.39, 0.29) is 17.3 Å².